The van der Waals surface area contributed by atoms with Crippen molar-refractivity contribution < 1.29 is 19.1 Å². The molecule has 6 rings (SSSR count). The van der Waals surface area contributed by atoms with Crippen molar-refractivity contribution in [2.75, 3.05) is 0 Å². The summed E-state index contributed by atoms with van der Waals surface area (Å²) in [5.41, 5.74) is -0.0994. The van der Waals surface area contributed by atoms with Crippen LogP contribution in [-0.2, 0) is 19.1 Å². The Morgan fingerprint density at radius 2 is 1.74 bits per heavy atom. The molecule has 0 heterocycles. The van der Waals surface area contributed by atoms with Crippen LogP contribution >= 0.6 is 0 Å². The molecule has 10 atom stereocenters. The van der Waals surface area contributed by atoms with E-state index in [2.05, 4.69) is 27.7 Å². The van der Waals surface area contributed by atoms with Crippen molar-refractivity contribution in [1.82, 2.24) is 0 Å². The number of rotatable bonds is 6. The molecular formula is C27H42O4. The van der Waals surface area contributed by atoms with E-state index in [0.717, 1.165) is 43.9 Å². The lowest BCUT2D eigenvalue weighted by molar-refractivity contribution is -0.185. The maximum atomic E-state index is 13.5. The van der Waals surface area contributed by atoms with Crippen LogP contribution in [0.15, 0.2) is 0 Å². The highest BCUT2D eigenvalue weighted by Crippen LogP contribution is 2.65. The fourth-order valence-electron chi connectivity index (χ4n) is 8.86. The summed E-state index contributed by atoms with van der Waals surface area (Å²) in [6, 6.07) is 0. The first-order chi connectivity index (χ1) is 14.6. The molecule has 0 N–H and O–H groups in total. The van der Waals surface area contributed by atoms with Crippen molar-refractivity contribution >= 4 is 11.9 Å². The van der Waals surface area contributed by atoms with Gasteiger partial charge in [0.1, 0.15) is 11.7 Å². The van der Waals surface area contributed by atoms with E-state index in [1.54, 1.807) is 0 Å². The van der Waals surface area contributed by atoms with Gasteiger partial charge in [-0.3, -0.25) is 9.59 Å². The van der Waals surface area contributed by atoms with E-state index in [9.17, 15) is 9.59 Å². The first-order valence-electron chi connectivity index (χ1n) is 13.0. The smallest absolute Gasteiger partial charge is 0.309 e. The molecule has 0 radical (unpaired) electrons. The molecule has 31 heavy (non-hydrogen) atoms. The van der Waals surface area contributed by atoms with E-state index >= 15 is 0 Å². The minimum Gasteiger partial charge on any atom is -0.462 e. The molecule has 6 aliphatic rings. The molecule has 10 unspecified atom stereocenters. The quantitative estimate of drug-likeness (QED) is 0.502. The monoisotopic (exact) mass is 430 g/mol. The third kappa shape index (κ3) is 3.64. The highest BCUT2D eigenvalue weighted by Gasteiger charge is 2.64. The Kier molecular flexibility index (Phi) is 5.26. The maximum absolute atomic E-state index is 13.5. The summed E-state index contributed by atoms with van der Waals surface area (Å²) in [6.45, 7) is 10.7. The van der Waals surface area contributed by atoms with Gasteiger partial charge in [-0.15, -0.1) is 0 Å². The lowest BCUT2D eigenvalue weighted by Gasteiger charge is -2.44. The van der Waals surface area contributed by atoms with Crippen molar-refractivity contribution in [3.05, 3.63) is 0 Å². The Labute approximate surface area is 188 Å². The minimum absolute atomic E-state index is 0.0221. The zero-order valence-corrected chi connectivity index (χ0v) is 20.2. The van der Waals surface area contributed by atoms with Crippen LogP contribution in [-0.4, -0.2) is 23.6 Å². The van der Waals surface area contributed by atoms with Gasteiger partial charge in [0, 0.05) is 11.8 Å². The van der Waals surface area contributed by atoms with Crippen LogP contribution in [0.3, 0.4) is 0 Å². The van der Waals surface area contributed by atoms with Crippen molar-refractivity contribution in [3.8, 4) is 0 Å². The first kappa shape index (κ1) is 21.8. The van der Waals surface area contributed by atoms with Crippen molar-refractivity contribution in [2.45, 2.75) is 104 Å². The molecule has 6 fully saturated rings. The topological polar surface area (TPSA) is 52.6 Å². The van der Waals surface area contributed by atoms with Crippen LogP contribution < -0.4 is 0 Å². The van der Waals surface area contributed by atoms with E-state index in [0.29, 0.717) is 17.8 Å². The van der Waals surface area contributed by atoms with Gasteiger partial charge in [-0.2, -0.15) is 0 Å². The normalized spacial score (nSPS) is 45.8. The number of fused-ring (bicyclic) bond motifs is 2. The van der Waals surface area contributed by atoms with Crippen molar-refractivity contribution in [2.24, 2.45) is 52.8 Å². The van der Waals surface area contributed by atoms with Crippen LogP contribution in [0.25, 0.3) is 0 Å². The minimum atomic E-state index is -0.204. The Hall–Kier alpha value is -1.06. The van der Waals surface area contributed by atoms with E-state index in [4.69, 9.17) is 9.47 Å². The van der Waals surface area contributed by atoms with E-state index in [1.807, 2.05) is 6.92 Å². The van der Waals surface area contributed by atoms with Gasteiger partial charge in [0.15, 0.2) is 0 Å². The molecule has 0 amide bonds. The van der Waals surface area contributed by atoms with Gasteiger partial charge in [-0.25, -0.2) is 0 Å². The largest absolute Gasteiger partial charge is 0.462 e. The van der Waals surface area contributed by atoms with Gasteiger partial charge >= 0.3 is 11.9 Å². The second kappa shape index (κ2) is 7.48. The molecule has 6 bridgehead atoms. The fourth-order valence-corrected chi connectivity index (χ4v) is 8.86. The summed E-state index contributed by atoms with van der Waals surface area (Å²) >= 11 is 0. The molecule has 6 aliphatic carbocycles. The van der Waals surface area contributed by atoms with Gasteiger partial charge in [0.05, 0.1) is 11.8 Å². The number of carbonyl (C=O) groups is 2. The standard InChI is InChI=1S/C27H42O4/c1-6-27(19-8-16-7-18(13-19)22(27)11-16)31-25(29)21-10-17-9-20(21)23(12-17)30-24(28)15(2)14-26(3,4)5/h15-23H,6-14H2,1-5H3. The van der Waals surface area contributed by atoms with E-state index < -0.39 is 0 Å². The summed E-state index contributed by atoms with van der Waals surface area (Å²) in [5.74, 6) is 3.27. The molecular weight excluding hydrogens is 388 g/mol. The average Bonchev–Trinajstić information content (AvgIpc) is 3.40. The summed E-state index contributed by atoms with van der Waals surface area (Å²) in [7, 11) is 0. The van der Waals surface area contributed by atoms with E-state index in [-0.39, 0.29) is 46.8 Å². The van der Waals surface area contributed by atoms with Crippen LogP contribution in [0.1, 0.15) is 92.4 Å². The zero-order valence-electron chi connectivity index (χ0n) is 20.2. The average molecular weight is 431 g/mol. The van der Waals surface area contributed by atoms with Gasteiger partial charge in [0.25, 0.3) is 0 Å². The number of hydrogen-bond acceptors (Lipinski definition) is 4. The van der Waals surface area contributed by atoms with Gasteiger partial charge in [-0.05, 0) is 86.9 Å². The van der Waals surface area contributed by atoms with Crippen molar-refractivity contribution in [3.63, 3.8) is 0 Å². The lowest BCUT2D eigenvalue weighted by Crippen LogP contribution is -2.49. The Morgan fingerprint density at radius 1 is 1.00 bits per heavy atom. The molecule has 0 spiro atoms. The van der Waals surface area contributed by atoms with Crippen LogP contribution in [0.5, 0.6) is 0 Å². The molecule has 4 heteroatoms. The van der Waals surface area contributed by atoms with Crippen LogP contribution in [0, 0.1) is 52.8 Å². The molecule has 174 valence electrons. The lowest BCUT2D eigenvalue weighted by atomic mass is 9.70. The number of carbonyl (C=O) groups excluding carboxylic acids is 2. The van der Waals surface area contributed by atoms with E-state index in [1.165, 1.54) is 25.7 Å². The predicted molar refractivity (Wildman–Crippen MR) is 119 cm³/mol. The molecule has 0 aromatic carbocycles. The summed E-state index contributed by atoms with van der Waals surface area (Å²) < 4.78 is 12.5. The van der Waals surface area contributed by atoms with Crippen LogP contribution in [0.2, 0.25) is 0 Å². The maximum Gasteiger partial charge on any atom is 0.309 e. The number of esters is 2. The zero-order chi connectivity index (χ0) is 22.1. The highest BCUT2D eigenvalue weighted by atomic mass is 16.6. The van der Waals surface area contributed by atoms with Gasteiger partial charge in [0.2, 0.25) is 0 Å². The summed E-state index contributed by atoms with van der Waals surface area (Å²) in [4.78, 5) is 26.2. The predicted octanol–water partition coefficient (Wildman–Crippen LogP) is 5.77. The Morgan fingerprint density at radius 3 is 2.39 bits per heavy atom. The third-order valence-corrected chi connectivity index (χ3v) is 9.80. The molecule has 0 aromatic heterocycles. The van der Waals surface area contributed by atoms with Gasteiger partial charge in [-0.1, -0.05) is 34.6 Å². The Bertz CT molecular complexity index is 734. The highest BCUT2D eigenvalue weighted by molar-refractivity contribution is 5.75. The SMILES string of the molecule is CCC1(OC(=O)C2CC3CC(OC(=O)C(C)CC(C)(C)C)C2C3)C2CC3CC(C2)C1C3. The second-order valence-electron chi connectivity index (χ2n) is 13.1. The summed E-state index contributed by atoms with van der Waals surface area (Å²) in [5, 5.41) is 0. The molecule has 0 saturated heterocycles. The first-order valence-corrected chi connectivity index (χ1v) is 13.0. The van der Waals surface area contributed by atoms with Gasteiger partial charge < -0.3 is 9.47 Å². The third-order valence-electron chi connectivity index (χ3n) is 9.80. The molecule has 0 aromatic rings. The Balaban J connectivity index is 1.23. The van der Waals surface area contributed by atoms with Crippen molar-refractivity contribution in [1.29, 1.82) is 0 Å². The number of ether oxygens (including phenoxy) is 2. The fraction of sp³-hybridized carbons (Fsp3) is 0.926. The second-order valence-corrected chi connectivity index (χ2v) is 13.1. The molecule has 6 saturated carbocycles. The van der Waals surface area contributed by atoms with Crippen LogP contribution in [0.4, 0.5) is 0 Å². The summed E-state index contributed by atoms with van der Waals surface area (Å²) in [6.07, 6.45) is 9.71. The molecule has 0 aliphatic heterocycles. The number of hydrogen-bond donors (Lipinski definition) is 0. The molecule has 4 nitrogen and oxygen atoms in total.